The van der Waals surface area contributed by atoms with Gasteiger partial charge in [-0.1, -0.05) is 11.6 Å². The van der Waals surface area contributed by atoms with Crippen LogP contribution in [0.25, 0.3) is 0 Å². The van der Waals surface area contributed by atoms with Gasteiger partial charge in [0.2, 0.25) is 5.91 Å². The molecule has 0 aliphatic rings. The lowest BCUT2D eigenvalue weighted by Crippen LogP contribution is -2.23. The average molecular weight is 517 g/mol. The van der Waals surface area contributed by atoms with Gasteiger partial charge in [-0.3, -0.25) is 19.1 Å². The molecule has 1 unspecified atom stereocenters. The largest absolute Gasteiger partial charge is 0.501 e. The molecule has 0 radical (unpaired) electrons. The Morgan fingerprint density at radius 1 is 1.26 bits per heavy atom. The van der Waals surface area contributed by atoms with Crippen molar-refractivity contribution in [2.24, 2.45) is 0 Å². The lowest BCUT2D eigenvalue weighted by Gasteiger charge is -2.12. The molecule has 8 nitrogen and oxygen atoms in total. The molecule has 0 aromatic heterocycles. The van der Waals surface area contributed by atoms with E-state index in [1.54, 1.807) is 0 Å². The predicted molar refractivity (Wildman–Crippen MR) is 109 cm³/mol. The van der Waals surface area contributed by atoms with E-state index in [0.29, 0.717) is 12.1 Å². The summed E-state index contributed by atoms with van der Waals surface area (Å²) in [5, 5.41) is 13.2. The van der Waals surface area contributed by atoms with Crippen LogP contribution in [0.15, 0.2) is 51.1 Å². The molecule has 1 atom stereocenters. The van der Waals surface area contributed by atoms with Crippen LogP contribution in [0, 0.1) is 10.1 Å². The summed E-state index contributed by atoms with van der Waals surface area (Å²) in [5.41, 5.74) is -6.28. The van der Waals surface area contributed by atoms with Crippen molar-refractivity contribution >= 4 is 61.3 Å². The Hall–Kier alpha value is -2.16. The third kappa shape index (κ3) is 5.96. The lowest BCUT2D eigenvalue weighted by molar-refractivity contribution is -0.387. The number of nitrogens with one attached hydrogen (secondary N) is 1. The van der Waals surface area contributed by atoms with Crippen molar-refractivity contribution in [2.45, 2.75) is 20.2 Å². The Morgan fingerprint density at radius 2 is 1.90 bits per heavy atom. The molecule has 0 aliphatic heterocycles. The van der Waals surface area contributed by atoms with Crippen LogP contribution >= 0.6 is 23.4 Å². The van der Waals surface area contributed by atoms with Gasteiger partial charge in [0.1, 0.15) is 0 Å². The van der Waals surface area contributed by atoms with Crippen molar-refractivity contribution in [2.75, 3.05) is 17.3 Å². The molecule has 1 amide bonds. The van der Waals surface area contributed by atoms with Crippen molar-refractivity contribution in [3.63, 3.8) is 0 Å². The number of halogens is 4. The standard InChI is InChI=1S/C16H12ClF3N2O6S3/c1-30(26)9-2-5-14(13(6-9)22(24)25)29-8-15(23)21-12-7-10(3-4-11(12)17)31(27,28)16(18,19)20/h2-7H,8H2,1H3,(H,21,23). The number of carbonyl (C=O) groups is 1. The Bertz CT molecular complexity index is 1170. The van der Waals surface area contributed by atoms with Crippen LogP contribution < -0.4 is 5.32 Å². The molecule has 31 heavy (non-hydrogen) atoms. The Morgan fingerprint density at radius 3 is 2.45 bits per heavy atom. The molecule has 2 aromatic rings. The number of nitro benzene ring substituents is 1. The number of anilines is 1. The van der Waals surface area contributed by atoms with E-state index >= 15 is 0 Å². The Kier molecular flexibility index (Phi) is 7.73. The van der Waals surface area contributed by atoms with E-state index in [1.807, 2.05) is 0 Å². The van der Waals surface area contributed by atoms with Gasteiger partial charge in [-0.05, 0) is 30.3 Å². The Balaban J connectivity index is 2.20. The van der Waals surface area contributed by atoms with E-state index < -0.39 is 47.6 Å². The highest BCUT2D eigenvalue weighted by Gasteiger charge is 2.47. The SMILES string of the molecule is CS(=O)c1ccc(SCC(=O)Nc2cc(S(=O)(=O)C(F)(F)F)ccc2Cl)c([N+](=O)[O-])c1. The van der Waals surface area contributed by atoms with E-state index in [-0.39, 0.29) is 26.2 Å². The van der Waals surface area contributed by atoms with Crippen molar-refractivity contribution in [1.82, 2.24) is 0 Å². The molecule has 0 saturated heterocycles. The van der Waals surface area contributed by atoms with Gasteiger partial charge < -0.3 is 5.32 Å². The highest BCUT2D eigenvalue weighted by molar-refractivity contribution is 8.00. The number of nitrogens with zero attached hydrogens (tertiary/aromatic N) is 1. The summed E-state index contributed by atoms with van der Waals surface area (Å²) < 4.78 is 72.7. The minimum Gasteiger partial charge on any atom is -0.324 e. The molecule has 0 bridgehead atoms. The quantitative estimate of drug-likeness (QED) is 0.335. The van der Waals surface area contributed by atoms with Gasteiger partial charge in [0.15, 0.2) is 0 Å². The predicted octanol–water partition coefficient (Wildman–Crippen LogP) is 4.01. The van der Waals surface area contributed by atoms with Crippen LogP contribution in [0.3, 0.4) is 0 Å². The lowest BCUT2D eigenvalue weighted by atomic mass is 10.3. The van der Waals surface area contributed by atoms with Crippen molar-refractivity contribution in [3.8, 4) is 0 Å². The van der Waals surface area contributed by atoms with E-state index in [9.17, 15) is 40.7 Å². The first-order valence-electron chi connectivity index (χ1n) is 7.89. The summed E-state index contributed by atoms with van der Waals surface area (Å²) in [4.78, 5) is 21.9. The fraction of sp³-hybridized carbons (Fsp3) is 0.188. The van der Waals surface area contributed by atoms with Crippen LogP contribution in [-0.2, 0) is 25.4 Å². The molecule has 0 fully saturated rings. The number of benzene rings is 2. The molecule has 2 aromatic carbocycles. The van der Waals surface area contributed by atoms with Gasteiger partial charge in [0.05, 0.1) is 42.0 Å². The van der Waals surface area contributed by atoms with E-state index in [0.717, 1.165) is 23.9 Å². The normalized spacial score (nSPS) is 12.9. The van der Waals surface area contributed by atoms with Gasteiger partial charge >= 0.3 is 5.51 Å². The molecule has 1 N–H and O–H groups in total. The molecule has 15 heteroatoms. The third-order valence-corrected chi connectivity index (χ3v) is 7.44. The number of carbonyl (C=O) groups excluding carboxylic acids is 1. The third-order valence-electron chi connectivity index (χ3n) is 3.64. The minimum absolute atomic E-state index is 0.0915. The first-order chi connectivity index (χ1) is 14.2. The van der Waals surface area contributed by atoms with E-state index in [4.69, 9.17) is 11.6 Å². The van der Waals surface area contributed by atoms with E-state index in [2.05, 4.69) is 5.32 Å². The maximum absolute atomic E-state index is 12.7. The second-order valence-corrected chi connectivity index (χ2v) is 10.5. The molecular formula is C16H12ClF3N2O6S3. The summed E-state index contributed by atoms with van der Waals surface area (Å²) in [7, 11) is -7.11. The van der Waals surface area contributed by atoms with Gasteiger partial charge in [-0.15, -0.1) is 11.8 Å². The zero-order chi connectivity index (χ0) is 23.6. The highest BCUT2D eigenvalue weighted by Crippen LogP contribution is 2.34. The number of rotatable bonds is 7. The Labute approximate surface area is 185 Å². The van der Waals surface area contributed by atoms with Gasteiger partial charge in [-0.25, -0.2) is 8.42 Å². The highest BCUT2D eigenvalue weighted by atomic mass is 35.5. The summed E-state index contributed by atoms with van der Waals surface area (Å²) in [6, 6.07) is 5.93. The van der Waals surface area contributed by atoms with E-state index in [1.165, 1.54) is 18.4 Å². The molecule has 0 heterocycles. The topological polar surface area (TPSA) is 123 Å². The smallest absolute Gasteiger partial charge is 0.324 e. The second kappa shape index (κ2) is 9.54. The van der Waals surface area contributed by atoms with Crippen LogP contribution in [0.2, 0.25) is 5.02 Å². The van der Waals surface area contributed by atoms with Gasteiger partial charge in [-0.2, -0.15) is 13.2 Å². The minimum atomic E-state index is -5.65. The summed E-state index contributed by atoms with van der Waals surface area (Å²) >= 11 is 6.57. The summed E-state index contributed by atoms with van der Waals surface area (Å²) in [6.45, 7) is 0. The number of amides is 1. The molecule has 0 aliphatic carbocycles. The van der Waals surface area contributed by atoms with Crippen LogP contribution in [0.5, 0.6) is 0 Å². The number of hydrogen-bond acceptors (Lipinski definition) is 7. The monoisotopic (exact) mass is 516 g/mol. The van der Waals surface area contributed by atoms with Gasteiger partial charge in [0, 0.05) is 17.2 Å². The number of nitro groups is 1. The molecule has 2 rings (SSSR count). The fourth-order valence-electron chi connectivity index (χ4n) is 2.17. The number of alkyl halides is 3. The van der Waals surface area contributed by atoms with Crippen LogP contribution in [0.4, 0.5) is 24.5 Å². The molecular weight excluding hydrogens is 505 g/mol. The zero-order valence-electron chi connectivity index (χ0n) is 15.3. The zero-order valence-corrected chi connectivity index (χ0v) is 18.5. The maximum Gasteiger partial charge on any atom is 0.501 e. The van der Waals surface area contributed by atoms with Crippen molar-refractivity contribution in [3.05, 3.63) is 51.5 Å². The number of thioether (sulfide) groups is 1. The molecule has 0 saturated carbocycles. The van der Waals surface area contributed by atoms with Crippen molar-refractivity contribution in [1.29, 1.82) is 0 Å². The second-order valence-electron chi connectivity index (χ2n) is 5.77. The van der Waals surface area contributed by atoms with Crippen molar-refractivity contribution < 1.29 is 35.5 Å². The fourth-order valence-corrected chi connectivity index (χ4v) is 4.47. The van der Waals surface area contributed by atoms with Crippen LogP contribution in [0.1, 0.15) is 0 Å². The van der Waals surface area contributed by atoms with Crippen LogP contribution in [-0.4, -0.2) is 41.0 Å². The maximum atomic E-state index is 12.7. The number of sulfone groups is 1. The summed E-state index contributed by atoms with van der Waals surface area (Å²) in [6.07, 6.45) is 1.34. The molecule has 0 spiro atoms. The first kappa shape index (κ1) is 25.1. The molecule has 168 valence electrons. The summed E-state index contributed by atoms with van der Waals surface area (Å²) in [5.74, 6) is -1.20. The van der Waals surface area contributed by atoms with Gasteiger partial charge in [0.25, 0.3) is 15.5 Å². The first-order valence-corrected chi connectivity index (χ1v) is 12.3. The average Bonchev–Trinajstić information content (AvgIpc) is 2.66. The number of hydrogen-bond donors (Lipinski definition) is 1.